The van der Waals surface area contributed by atoms with Gasteiger partial charge in [-0.2, -0.15) is 13.2 Å². The fourth-order valence-electron chi connectivity index (χ4n) is 1.74. The van der Waals surface area contributed by atoms with E-state index in [2.05, 4.69) is 5.32 Å². The van der Waals surface area contributed by atoms with Crippen LogP contribution in [0.15, 0.2) is 24.3 Å². The van der Waals surface area contributed by atoms with Gasteiger partial charge in [0.05, 0.1) is 18.6 Å². The number of carbonyl (C=O) groups is 1. The third kappa shape index (κ3) is 7.31. The van der Waals surface area contributed by atoms with E-state index in [4.69, 9.17) is 4.74 Å². The van der Waals surface area contributed by atoms with Crippen LogP contribution >= 0.6 is 0 Å². The molecule has 22 heavy (non-hydrogen) atoms. The van der Waals surface area contributed by atoms with Crippen molar-refractivity contribution in [2.45, 2.75) is 45.1 Å². The van der Waals surface area contributed by atoms with Gasteiger partial charge >= 0.3 is 6.18 Å². The van der Waals surface area contributed by atoms with Crippen molar-refractivity contribution in [2.75, 3.05) is 6.54 Å². The highest BCUT2D eigenvalue weighted by Crippen LogP contribution is 2.22. The van der Waals surface area contributed by atoms with Gasteiger partial charge in [-0.15, -0.1) is 0 Å². The van der Waals surface area contributed by atoms with Crippen LogP contribution in [0.2, 0.25) is 0 Å². The molecule has 0 saturated carbocycles. The lowest BCUT2D eigenvalue weighted by molar-refractivity contribution is -0.144. The zero-order valence-electron chi connectivity index (χ0n) is 12.5. The first-order valence-electron chi connectivity index (χ1n) is 6.95. The summed E-state index contributed by atoms with van der Waals surface area (Å²) < 4.78 is 41.4. The summed E-state index contributed by atoms with van der Waals surface area (Å²) in [6, 6.07) is 6.71. The zero-order valence-corrected chi connectivity index (χ0v) is 12.5. The van der Waals surface area contributed by atoms with Gasteiger partial charge in [0.2, 0.25) is 5.91 Å². The van der Waals surface area contributed by atoms with Crippen LogP contribution in [0.3, 0.4) is 0 Å². The predicted molar refractivity (Wildman–Crippen MR) is 75.5 cm³/mol. The Morgan fingerprint density at radius 1 is 1.36 bits per heavy atom. The molecular formula is C15H20F3NO3. The summed E-state index contributed by atoms with van der Waals surface area (Å²) in [5.41, 5.74) is 0.522. The summed E-state index contributed by atoms with van der Waals surface area (Å²) in [5.74, 6) is -0.166. The molecule has 0 bridgehead atoms. The van der Waals surface area contributed by atoms with Gasteiger partial charge < -0.3 is 15.2 Å². The summed E-state index contributed by atoms with van der Waals surface area (Å²) >= 11 is 0. The van der Waals surface area contributed by atoms with Gasteiger partial charge in [0, 0.05) is 13.0 Å². The number of benzene rings is 1. The average molecular weight is 319 g/mol. The minimum Gasteiger partial charge on any atom is -0.491 e. The van der Waals surface area contributed by atoms with Crippen molar-refractivity contribution >= 4 is 5.91 Å². The van der Waals surface area contributed by atoms with E-state index in [1.54, 1.807) is 24.3 Å². The molecule has 7 heteroatoms. The molecule has 0 fully saturated rings. The van der Waals surface area contributed by atoms with Gasteiger partial charge in [0.1, 0.15) is 5.75 Å². The van der Waals surface area contributed by atoms with Gasteiger partial charge in [0.25, 0.3) is 0 Å². The number of ether oxygens (including phenoxy) is 1. The predicted octanol–water partition coefficient (Wildman–Crippen LogP) is 2.97. The molecule has 0 aliphatic rings. The van der Waals surface area contributed by atoms with Crippen LogP contribution in [0.25, 0.3) is 0 Å². The Bertz CT molecular complexity index is 489. The number of aliphatic hydroxyl groups excluding tert-OH is 1. The first kappa shape index (κ1) is 18.3. The molecule has 0 aliphatic heterocycles. The lowest BCUT2D eigenvalue weighted by Crippen LogP contribution is -2.29. The number of rotatable bonds is 7. The molecule has 0 spiro atoms. The summed E-state index contributed by atoms with van der Waals surface area (Å²) in [6.07, 6.45) is -7.21. The Morgan fingerprint density at radius 2 is 2.05 bits per heavy atom. The molecule has 1 atom stereocenters. The van der Waals surface area contributed by atoms with Gasteiger partial charge in [-0.1, -0.05) is 12.1 Å². The van der Waals surface area contributed by atoms with Crippen LogP contribution in [0.4, 0.5) is 13.2 Å². The quantitative estimate of drug-likeness (QED) is 0.812. The van der Waals surface area contributed by atoms with Crippen molar-refractivity contribution in [3.8, 4) is 5.75 Å². The molecule has 2 N–H and O–H groups in total. The fraction of sp³-hybridized carbons (Fsp3) is 0.533. The Kier molecular flexibility index (Phi) is 6.67. The monoisotopic (exact) mass is 319 g/mol. The summed E-state index contributed by atoms with van der Waals surface area (Å²) in [5, 5.41) is 12.2. The summed E-state index contributed by atoms with van der Waals surface area (Å²) in [4.78, 5) is 11.3. The maximum Gasteiger partial charge on any atom is 0.389 e. The Balaban J connectivity index is 2.48. The van der Waals surface area contributed by atoms with Gasteiger partial charge in [-0.25, -0.2) is 0 Å². The fourth-order valence-corrected chi connectivity index (χ4v) is 1.74. The number of nitrogens with one attached hydrogen (secondary N) is 1. The van der Waals surface area contributed by atoms with Crippen molar-refractivity contribution < 1.29 is 27.8 Å². The van der Waals surface area contributed by atoms with Crippen LogP contribution in [0, 0.1) is 0 Å². The van der Waals surface area contributed by atoms with Crippen LogP contribution in [0.5, 0.6) is 5.75 Å². The second kappa shape index (κ2) is 8.03. The minimum absolute atomic E-state index is 0.0190. The van der Waals surface area contributed by atoms with E-state index in [0.717, 1.165) is 0 Å². The van der Waals surface area contributed by atoms with Gasteiger partial charge in [0.15, 0.2) is 0 Å². The number of hydrogen-bond donors (Lipinski definition) is 2. The van der Waals surface area contributed by atoms with Crippen LogP contribution in [-0.4, -0.2) is 29.8 Å². The molecule has 0 heterocycles. The Labute approximate surface area is 127 Å². The maximum absolute atomic E-state index is 12.0. The maximum atomic E-state index is 12.0. The third-order valence-corrected chi connectivity index (χ3v) is 2.74. The number of carbonyl (C=O) groups excluding carboxylic acids is 1. The molecule has 1 rings (SSSR count). The summed E-state index contributed by atoms with van der Waals surface area (Å²) in [6.45, 7) is 3.58. The highest BCUT2D eigenvalue weighted by atomic mass is 19.4. The minimum atomic E-state index is -4.36. The van der Waals surface area contributed by atoms with E-state index < -0.39 is 31.0 Å². The molecule has 124 valence electrons. The second-order valence-corrected chi connectivity index (χ2v) is 5.17. The van der Waals surface area contributed by atoms with E-state index in [9.17, 15) is 23.1 Å². The van der Waals surface area contributed by atoms with Crippen LogP contribution in [-0.2, 0) is 4.79 Å². The Hall–Kier alpha value is -1.76. The van der Waals surface area contributed by atoms with E-state index in [1.165, 1.54) is 0 Å². The molecule has 0 radical (unpaired) electrons. The largest absolute Gasteiger partial charge is 0.491 e. The van der Waals surface area contributed by atoms with Crippen LogP contribution < -0.4 is 10.1 Å². The lowest BCUT2D eigenvalue weighted by atomic mass is 10.1. The molecular weight excluding hydrogens is 299 g/mol. The van der Waals surface area contributed by atoms with E-state index in [1.807, 2.05) is 13.8 Å². The normalized spacial score (nSPS) is 13.0. The number of hydrogen-bond acceptors (Lipinski definition) is 3. The van der Waals surface area contributed by atoms with Crippen molar-refractivity contribution in [1.82, 2.24) is 5.32 Å². The van der Waals surface area contributed by atoms with E-state index >= 15 is 0 Å². The van der Waals surface area contributed by atoms with E-state index in [0.29, 0.717) is 11.3 Å². The molecule has 1 unspecified atom stereocenters. The smallest absolute Gasteiger partial charge is 0.389 e. The topological polar surface area (TPSA) is 58.6 Å². The van der Waals surface area contributed by atoms with Gasteiger partial charge in [-0.3, -0.25) is 4.79 Å². The Morgan fingerprint density at radius 3 is 2.64 bits per heavy atom. The number of amides is 1. The molecule has 1 aromatic rings. The standard InChI is InChI=1S/C15H20F3NO3/c1-10(2)22-12-5-3-4-11(8-12)13(20)9-19-14(21)6-7-15(16,17)18/h3-5,8,10,13,20H,6-7,9H2,1-2H3,(H,19,21). The van der Waals surface area contributed by atoms with Crippen molar-refractivity contribution in [3.05, 3.63) is 29.8 Å². The second-order valence-electron chi connectivity index (χ2n) is 5.17. The van der Waals surface area contributed by atoms with Crippen molar-refractivity contribution in [2.24, 2.45) is 0 Å². The number of alkyl halides is 3. The number of halogens is 3. The van der Waals surface area contributed by atoms with Crippen molar-refractivity contribution in [3.63, 3.8) is 0 Å². The SMILES string of the molecule is CC(C)Oc1cccc(C(O)CNC(=O)CCC(F)(F)F)c1. The molecule has 0 aliphatic carbocycles. The number of aliphatic hydroxyl groups is 1. The van der Waals surface area contributed by atoms with Gasteiger partial charge in [-0.05, 0) is 31.5 Å². The van der Waals surface area contributed by atoms with Crippen molar-refractivity contribution in [1.29, 1.82) is 0 Å². The molecule has 0 saturated heterocycles. The van der Waals surface area contributed by atoms with E-state index in [-0.39, 0.29) is 12.6 Å². The highest BCUT2D eigenvalue weighted by Gasteiger charge is 2.27. The third-order valence-electron chi connectivity index (χ3n) is 2.74. The summed E-state index contributed by atoms with van der Waals surface area (Å²) in [7, 11) is 0. The lowest BCUT2D eigenvalue weighted by Gasteiger charge is -2.15. The average Bonchev–Trinajstić information content (AvgIpc) is 2.41. The molecule has 1 amide bonds. The first-order valence-corrected chi connectivity index (χ1v) is 6.95. The molecule has 1 aromatic carbocycles. The first-order chi connectivity index (χ1) is 10.2. The zero-order chi connectivity index (χ0) is 16.8. The van der Waals surface area contributed by atoms with Crippen LogP contribution in [0.1, 0.15) is 38.4 Å². The highest BCUT2D eigenvalue weighted by molar-refractivity contribution is 5.75. The molecule has 0 aromatic heterocycles. The molecule has 4 nitrogen and oxygen atoms in total.